The van der Waals surface area contributed by atoms with Gasteiger partial charge in [0.1, 0.15) is 6.10 Å². The quantitative estimate of drug-likeness (QED) is 0.711. The Morgan fingerprint density at radius 2 is 1.67 bits per heavy atom. The van der Waals surface area contributed by atoms with E-state index < -0.39 is 20.0 Å². The Kier molecular flexibility index (Phi) is 5.80. The van der Waals surface area contributed by atoms with E-state index in [-0.39, 0.29) is 22.4 Å². The lowest BCUT2D eigenvalue weighted by Crippen LogP contribution is -2.24. The average Bonchev–Trinajstić information content (AvgIpc) is 3.13. The number of nitrogens with one attached hydrogen (secondary N) is 1. The first-order valence-electron chi connectivity index (χ1n) is 8.49. The summed E-state index contributed by atoms with van der Waals surface area (Å²) < 4.78 is 55.9. The fourth-order valence-electron chi connectivity index (χ4n) is 2.89. The third kappa shape index (κ3) is 5.04. The van der Waals surface area contributed by atoms with Gasteiger partial charge in [-0.05, 0) is 56.0 Å². The van der Waals surface area contributed by atoms with Gasteiger partial charge in [-0.2, -0.15) is 0 Å². The molecule has 1 aliphatic carbocycles. The van der Waals surface area contributed by atoms with Crippen LogP contribution in [-0.2, 0) is 26.6 Å². The third-order valence-corrected chi connectivity index (χ3v) is 6.69. The minimum absolute atomic E-state index is 0.00909. The van der Waals surface area contributed by atoms with Gasteiger partial charge in [0.15, 0.2) is 0 Å². The molecule has 0 amide bonds. The summed E-state index contributed by atoms with van der Waals surface area (Å²) in [7, 11) is -7.71. The van der Waals surface area contributed by atoms with Crippen molar-refractivity contribution in [3.05, 3.63) is 48.2 Å². The maximum absolute atomic E-state index is 12.5. The van der Waals surface area contributed by atoms with Crippen LogP contribution in [0.15, 0.2) is 52.4 Å². The summed E-state index contributed by atoms with van der Waals surface area (Å²) in [5.41, 5.74) is 0.633. The number of benzene rings is 1. The number of aromatic nitrogens is 1. The number of primary sulfonamides is 1. The topological polar surface area (TPSA) is 128 Å². The van der Waals surface area contributed by atoms with E-state index in [1.54, 1.807) is 18.3 Å². The molecule has 2 aromatic rings. The molecule has 1 heterocycles. The zero-order valence-corrected chi connectivity index (χ0v) is 16.2. The predicted octanol–water partition coefficient (Wildman–Crippen LogP) is 1.53. The van der Waals surface area contributed by atoms with E-state index in [0.29, 0.717) is 11.4 Å². The molecule has 146 valence electrons. The summed E-state index contributed by atoms with van der Waals surface area (Å²) in [6.45, 7) is 0.00909. The summed E-state index contributed by atoms with van der Waals surface area (Å²) >= 11 is 0. The van der Waals surface area contributed by atoms with Crippen LogP contribution in [0.5, 0.6) is 5.88 Å². The number of nitrogens with zero attached hydrogens (tertiary/aromatic N) is 1. The lowest BCUT2D eigenvalue weighted by Gasteiger charge is -2.15. The van der Waals surface area contributed by atoms with Crippen LogP contribution in [0.2, 0.25) is 0 Å². The van der Waals surface area contributed by atoms with Crippen LogP contribution in [0, 0.1) is 0 Å². The Bertz CT molecular complexity index is 999. The second-order valence-electron chi connectivity index (χ2n) is 6.33. The maximum Gasteiger partial charge on any atom is 0.240 e. The Labute approximate surface area is 158 Å². The Morgan fingerprint density at radius 1 is 1.04 bits per heavy atom. The molecule has 3 rings (SSSR count). The molecule has 1 saturated carbocycles. The monoisotopic (exact) mass is 411 g/mol. The standard InChI is InChI=1S/C17H21N3O5S2/c18-26(21,22)15-7-9-16(10-8-15)27(23,24)20-12-13-4-3-11-19-17(13)25-14-5-1-2-6-14/h3-4,7-11,14,20H,1-2,5-6,12H2,(H2,18,21,22). The Morgan fingerprint density at radius 3 is 2.30 bits per heavy atom. The van der Waals surface area contributed by atoms with Gasteiger partial charge in [-0.1, -0.05) is 6.07 Å². The molecular weight excluding hydrogens is 390 g/mol. The van der Waals surface area contributed by atoms with Gasteiger partial charge in [0.05, 0.1) is 9.79 Å². The van der Waals surface area contributed by atoms with Crippen molar-refractivity contribution in [2.75, 3.05) is 0 Å². The molecule has 0 radical (unpaired) electrons. The number of rotatable bonds is 7. The van der Waals surface area contributed by atoms with Crippen LogP contribution in [0.25, 0.3) is 0 Å². The fourth-order valence-corrected chi connectivity index (χ4v) is 4.42. The molecule has 1 fully saturated rings. The maximum atomic E-state index is 12.5. The highest BCUT2D eigenvalue weighted by Gasteiger charge is 2.20. The van der Waals surface area contributed by atoms with Gasteiger partial charge < -0.3 is 4.74 Å². The van der Waals surface area contributed by atoms with Crippen molar-refractivity contribution in [3.63, 3.8) is 0 Å². The zero-order valence-electron chi connectivity index (χ0n) is 14.5. The highest BCUT2D eigenvalue weighted by molar-refractivity contribution is 7.89. The fraction of sp³-hybridized carbons (Fsp3) is 0.353. The van der Waals surface area contributed by atoms with Gasteiger partial charge in [0.2, 0.25) is 25.9 Å². The van der Waals surface area contributed by atoms with Crippen molar-refractivity contribution in [1.29, 1.82) is 0 Å². The SMILES string of the molecule is NS(=O)(=O)c1ccc(S(=O)(=O)NCc2cccnc2OC2CCCC2)cc1. The summed E-state index contributed by atoms with van der Waals surface area (Å²) in [5, 5.41) is 5.02. The van der Waals surface area contributed by atoms with Crippen molar-refractivity contribution in [3.8, 4) is 5.88 Å². The third-order valence-electron chi connectivity index (χ3n) is 4.35. The van der Waals surface area contributed by atoms with E-state index in [0.717, 1.165) is 37.8 Å². The van der Waals surface area contributed by atoms with E-state index >= 15 is 0 Å². The van der Waals surface area contributed by atoms with Gasteiger partial charge in [-0.3, -0.25) is 0 Å². The molecule has 0 atom stereocenters. The van der Waals surface area contributed by atoms with Crippen molar-refractivity contribution < 1.29 is 21.6 Å². The van der Waals surface area contributed by atoms with E-state index in [1.165, 1.54) is 12.1 Å². The smallest absolute Gasteiger partial charge is 0.240 e. The average molecular weight is 412 g/mol. The number of nitrogens with two attached hydrogens (primary N) is 1. The van der Waals surface area contributed by atoms with Gasteiger partial charge in [-0.15, -0.1) is 0 Å². The molecule has 0 aliphatic heterocycles. The Balaban J connectivity index is 1.72. The predicted molar refractivity (Wildman–Crippen MR) is 99.0 cm³/mol. The molecule has 0 unspecified atom stereocenters. The molecular formula is C17H21N3O5S2. The summed E-state index contributed by atoms with van der Waals surface area (Å²) in [6, 6.07) is 8.17. The van der Waals surface area contributed by atoms with Gasteiger partial charge in [-0.25, -0.2) is 31.7 Å². The first-order valence-corrected chi connectivity index (χ1v) is 11.5. The van der Waals surface area contributed by atoms with Gasteiger partial charge in [0.25, 0.3) is 0 Å². The highest BCUT2D eigenvalue weighted by Crippen LogP contribution is 2.25. The number of hydrogen-bond donors (Lipinski definition) is 2. The second kappa shape index (κ2) is 7.93. The molecule has 1 aromatic heterocycles. The number of sulfonamides is 2. The highest BCUT2D eigenvalue weighted by atomic mass is 32.2. The van der Waals surface area contributed by atoms with Gasteiger partial charge in [0, 0.05) is 18.3 Å². The van der Waals surface area contributed by atoms with Crippen molar-refractivity contribution in [2.45, 2.75) is 48.1 Å². The number of pyridine rings is 1. The van der Waals surface area contributed by atoms with Gasteiger partial charge >= 0.3 is 0 Å². The minimum Gasteiger partial charge on any atom is -0.474 e. The van der Waals surface area contributed by atoms with E-state index in [2.05, 4.69) is 9.71 Å². The summed E-state index contributed by atoms with van der Waals surface area (Å²) in [4.78, 5) is 4.01. The summed E-state index contributed by atoms with van der Waals surface area (Å²) in [5.74, 6) is 0.427. The minimum atomic E-state index is -3.88. The summed E-state index contributed by atoms with van der Waals surface area (Å²) in [6.07, 6.45) is 5.90. The normalized spacial score (nSPS) is 15.7. The van der Waals surface area contributed by atoms with Crippen LogP contribution in [0.1, 0.15) is 31.2 Å². The first-order chi connectivity index (χ1) is 12.8. The molecule has 3 N–H and O–H groups in total. The lowest BCUT2D eigenvalue weighted by atomic mass is 10.2. The van der Waals surface area contributed by atoms with Crippen LogP contribution >= 0.6 is 0 Å². The molecule has 0 spiro atoms. The van der Waals surface area contributed by atoms with Crippen LogP contribution in [0.3, 0.4) is 0 Å². The van der Waals surface area contributed by atoms with Crippen LogP contribution in [-0.4, -0.2) is 27.9 Å². The molecule has 8 nitrogen and oxygen atoms in total. The van der Waals surface area contributed by atoms with E-state index in [1.807, 2.05) is 0 Å². The van der Waals surface area contributed by atoms with E-state index in [9.17, 15) is 16.8 Å². The molecule has 10 heteroatoms. The molecule has 0 saturated heterocycles. The largest absolute Gasteiger partial charge is 0.474 e. The Hall–Kier alpha value is -2.01. The first kappa shape index (κ1) is 19.7. The van der Waals surface area contributed by atoms with Crippen molar-refractivity contribution in [2.24, 2.45) is 5.14 Å². The second-order valence-corrected chi connectivity index (χ2v) is 9.66. The molecule has 0 bridgehead atoms. The molecule has 1 aliphatic rings. The zero-order chi connectivity index (χ0) is 19.5. The lowest BCUT2D eigenvalue weighted by molar-refractivity contribution is 0.199. The number of ether oxygens (including phenoxy) is 1. The van der Waals surface area contributed by atoms with Crippen molar-refractivity contribution in [1.82, 2.24) is 9.71 Å². The molecule has 1 aromatic carbocycles. The van der Waals surface area contributed by atoms with Crippen molar-refractivity contribution >= 4 is 20.0 Å². The van der Waals surface area contributed by atoms with Crippen LogP contribution in [0.4, 0.5) is 0 Å². The van der Waals surface area contributed by atoms with E-state index in [4.69, 9.17) is 9.88 Å². The number of hydrogen-bond acceptors (Lipinski definition) is 6. The van der Waals surface area contributed by atoms with Crippen LogP contribution < -0.4 is 14.6 Å². The molecule has 27 heavy (non-hydrogen) atoms.